The minimum atomic E-state index is 0.648. The molecule has 1 aromatic heterocycles. The van der Waals surface area contributed by atoms with E-state index in [1.165, 1.54) is 0 Å². The maximum atomic E-state index is 6.20. The molecule has 5 nitrogen and oxygen atoms in total. The predicted molar refractivity (Wildman–Crippen MR) is 107 cm³/mol. The van der Waals surface area contributed by atoms with Crippen LogP contribution in [-0.4, -0.2) is 23.6 Å². The topological polar surface area (TPSA) is 59.1 Å². The summed E-state index contributed by atoms with van der Waals surface area (Å²) in [5, 5.41) is 7.23. The first-order valence-corrected chi connectivity index (χ1v) is 8.76. The second-order valence-corrected chi connectivity index (χ2v) is 6.19. The minimum absolute atomic E-state index is 0.648. The lowest BCUT2D eigenvalue weighted by Gasteiger charge is -2.12. The highest BCUT2D eigenvalue weighted by Crippen LogP contribution is 2.25. The van der Waals surface area contributed by atoms with Gasteiger partial charge >= 0.3 is 0 Å². The summed E-state index contributed by atoms with van der Waals surface area (Å²) in [6, 6.07) is 17.5. The summed E-state index contributed by atoms with van der Waals surface area (Å²) >= 11 is 6.20. The smallest absolute Gasteiger partial charge is 0.136 e. The average molecular weight is 369 g/mol. The second kappa shape index (κ2) is 8.54. The fourth-order valence-electron chi connectivity index (χ4n) is 2.66. The number of halogens is 1. The van der Waals surface area contributed by atoms with Crippen LogP contribution in [0.1, 0.15) is 11.4 Å². The van der Waals surface area contributed by atoms with Gasteiger partial charge in [0.15, 0.2) is 0 Å². The molecule has 0 fully saturated rings. The lowest BCUT2D eigenvalue weighted by atomic mass is 10.1. The van der Waals surface area contributed by atoms with Gasteiger partial charge in [-0.15, -0.1) is 0 Å². The molecule has 2 aromatic carbocycles. The van der Waals surface area contributed by atoms with Crippen molar-refractivity contribution in [1.82, 2.24) is 9.97 Å². The van der Waals surface area contributed by atoms with Gasteiger partial charge in [-0.05, 0) is 37.1 Å². The third-order valence-electron chi connectivity index (χ3n) is 3.87. The van der Waals surface area contributed by atoms with Gasteiger partial charge < -0.3 is 15.4 Å². The number of benzene rings is 2. The van der Waals surface area contributed by atoms with Crippen LogP contribution in [0.5, 0.6) is 5.75 Å². The van der Waals surface area contributed by atoms with Crippen LogP contribution in [0, 0.1) is 6.92 Å². The fraction of sp³-hybridized carbons (Fsp3) is 0.200. The average Bonchev–Trinajstić information content (AvgIpc) is 2.64. The molecule has 0 unspecified atom stereocenters. The van der Waals surface area contributed by atoms with E-state index in [1.54, 1.807) is 7.11 Å². The summed E-state index contributed by atoms with van der Waals surface area (Å²) in [6.07, 6.45) is 0.834. The summed E-state index contributed by atoms with van der Waals surface area (Å²) in [7, 11) is 1.69. The number of para-hydroxylation sites is 2. The number of nitrogens with one attached hydrogen (secondary N) is 2. The number of aromatic nitrogens is 2. The fourth-order valence-corrected chi connectivity index (χ4v) is 2.84. The quantitative estimate of drug-likeness (QED) is 0.624. The molecular weight excluding hydrogens is 348 g/mol. The van der Waals surface area contributed by atoms with Crippen LogP contribution < -0.4 is 15.4 Å². The van der Waals surface area contributed by atoms with E-state index in [9.17, 15) is 0 Å². The Kier molecular flexibility index (Phi) is 5.92. The van der Waals surface area contributed by atoms with Gasteiger partial charge in [0.05, 0.1) is 17.8 Å². The van der Waals surface area contributed by atoms with E-state index in [1.807, 2.05) is 55.5 Å². The molecule has 0 radical (unpaired) electrons. The molecule has 0 aliphatic carbocycles. The van der Waals surface area contributed by atoms with Gasteiger partial charge in [-0.25, -0.2) is 9.97 Å². The lowest BCUT2D eigenvalue weighted by Crippen LogP contribution is -2.09. The maximum absolute atomic E-state index is 6.20. The number of anilines is 3. The molecule has 0 atom stereocenters. The van der Waals surface area contributed by atoms with E-state index in [-0.39, 0.29) is 0 Å². The van der Waals surface area contributed by atoms with Gasteiger partial charge in [0.2, 0.25) is 0 Å². The highest BCUT2D eigenvalue weighted by molar-refractivity contribution is 6.33. The number of ether oxygens (including phenoxy) is 1. The van der Waals surface area contributed by atoms with Gasteiger partial charge in [0.25, 0.3) is 0 Å². The van der Waals surface area contributed by atoms with Crippen LogP contribution in [-0.2, 0) is 6.42 Å². The van der Waals surface area contributed by atoms with Crippen molar-refractivity contribution in [3.63, 3.8) is 0 Å². The summed E-state index contributed by atoms with van der Waals surface area (Å²) in [6.45, 7) is 2.60. The molecule has 0 aliphatic rings. The second-order valence-electron chi connectivity index (χ2n) is 5.78. The number of hydrogen-bond acceptors (Lipinski definition) is 5. The first-order valence-electron chi connectivity index (χ1n) is 8.38. The van der Waals surface area contributed by atoms with Gasteiger partial charge in [-0.2, -0.15) is 0 Å². The summed E-state index contributed by atoms with van der Waals surface area (Å²) < 4.78 is 5.39. The number of rotatable bonds is 7. The Bertz CT molecular complexity index is 885. The minimum Gasteiger partial charge on any atom is -0.496 e. The normalized spacial score (nSPS) is 10.4. The molecule has 0 amide bonds. The zero-order valence-electron chi connectivity index (χ0n) is 14.8. The number of nitrogens with zero attached hydrogens (tertiary/aromatic N) is 2. The molecule has 3 aromatic rings. The van der Waals surface area contributed by atoms with Crippen molar-refractivity contribution in [3.8, 4) is 5.75 Å². The highest BCUT2D eigenvalue weighted by atomic mass is 35.5. The van der Waals surface area contributed by atoms with Gasteiger partial charge in [0, 0.05) is 12.6 Å². The van der Waals surface area contributed by atoms with Crippen molar-refractivity contribution in [2.24, 2.45) is 0 Å². The predicted octanol–water partition coefficient (Wildman–Crippen LogP) is 4.85. The first kappa shape index (κ1) is 18.0. The van der Waals surface area contributed by atoms with Crippen LogP contribution >= 0.6 is 11.6 Å². The van der Waals surface area contributed by atoms with Crippen molar-refractivity contribution in [1.29, 1.82) is 0 Å². The van der Waals surface area contributed by atoms with Crippen LogP contribution in [0.15, 0.2) is 54.6 Å². The Hall–Kier alpha value is -2.79. The molecule has 0 spiro atoms. The largest absolute Gasteiger partial charge is 0.496 e. The molecule has 26 heavy (non-hydrogen) atoms. The summed E-state index contributed by atoms with van der Waals surface area (Å²) in [5.41, 5.74) is 1.97. The van der Waals surface area contributed by atoms with Crippen molar-refractivity contribution in [3.05, 3.63) is 71.0 Å². The van der Waals surface area contributed by atoms with Crippen LogP contribution in [0.3, 0.4) is 0 Å². The van der Waals surface area contributed by atoms with E-state index in [0.29, 0.717) is 16.7 Å². The Morgan fingerprint density at radius 3 is 2.54 bits per heavy atom. The standard InChI is InChI=1S/C20H21ClN4O/c1-14-23-19(22-12-11-15-7-3-6-10-18(15)26-2)13-20(24-14)25-17-9-5-4-8-16(17)21/h3-10,13H,11-12H2,1-2H3,(H2,22,23,24,25). The van der Waals surface area contributed by atoms with Gasteiger partial charge in [-0.1, -0.05) is 41.9 Å². The summed E-state index contributed by atoms with van der Waals surface area (Å²) in [4.78, 5) is 8.87. The molecule has 3 rings (SSSR count). The lowest BCUT2D eigenvalue weighted by molar-refractivity contribution is 0.410. The molecule has 1 heterocycles. The molecule has 0 aliphatic heterocycles. The molecule has 6 heteroatoms. The molecular formula is C20H21ClN4O. The van der Waals surface area contributed by atoms with E-state index in [0.717, 1.165) is 35.8 Å². The Morgan fingerprint density at radius 1 is 1.00 bits per heavy atom. The van der Waals surface area contributed by atoms with Crippen molar-refractivity contribution in [2.75, 3.05) is 24.3 Å². The third kappa shape index (κ3) is 4.64. The molecule has 134 valence electrons. The van der Waals surface area contributed by atoms with Crippen LogP contribution in [0.2, 0.25) is 5.02 Å². The maximum Gasteiger partial charge on any atom is 0.136 e. The molecule has 0 bridgehead atoms. The first-order chi connectivity index (χ1) is 12.7. The molecule has 0 saturated carbocycles. The Balaban J connectivity index is 1.67. The van der Waals surface area contributed by atoms with E-state index < -0.39 is 0 Å². The van der Waals surface area contributed by atoms with E-state index in [4.69, 9.17) is 16.3 Å². The van der Waals surface area contributed by atoms with Crippen molar-refractivity contribution >= 4 is 28.9 Å². The highest BCUT2D eigenvalue weighted by Gasteiger charge is 2.06. The number of methoxy groups -OCH3 is 1. The van der Waals surface area contributed by atoms with E-state index >= 15 is 0 Å². The SMILES string of the molecule is COc1ccccc1CCNc1cc(Nc2ccccc2Cl)nc(C)n1. The Morgan fingerprint density at radius 2 is 1.73 bits per heavy atom. The molecule has 0 saturated heterocycles. The number of aryl methyl sites for hydroxylation is 1. The third-order valence-corrected chi connectivity index (χ3v) is 4.20. The van der Waals surface area contributed by atoms with Crippen LogP contribution in [0.25, 0.3) is 0 Å². The van der Waals surface area contributed by atoms with Crippen LogP contribution in [0.4, 0.5) is 17.3 Å². The van der Waals surface area contributed by atoms with Gasteiger partial charge in [0.1, 0.15) is 23.2 Å². The Labute approximate surface area is 158 Å². The van der Waals surface area contributed by atoms with E-state index in [2.05, 4.69) is 26.7 Å². The zero-order chi connectivity index (χ0) is 18.4. The molecule has 2 N–H and O–H groups in total. The monoisotopic (exact) mass is 368 g/mol. The summed E-state index contributed by atoms with van der Waals surface area (Å²) in [5.74, 6) is 3.04. The van der Waals surface area contributed by atoms with Crippen molar-refractivity contribution < 1.29 is 4.74 Å². The van der Waals surface area contributed by atoms with Crippen molar-refractivity contribution in [2.45, 2.75) is 13.3 Å². The zero-order valence-corrected chi connectivity index (χ0v) is 15.5. The number of hydrogen-bond donors (Lipinski definition) is 2. The van der Waals surface area contributed by atoms with Gasteiger partial charge in [-0.3, -0.25) is 0 Å².